The van der Waals surface area contributed by atoms with E-state index in [-0.39, 0.29) is 17.9 Å². The van der Waals surface area contributed by atoms with Crippen LogP contribution in [-0.2, 0) is 35.2 Å². The molecular formula is C25H25NO8. The number of aliphatic carboxylic acids is 1. The second-order valence-electron chi connectivity index (χ2n) is 8.08. The maximum Gasteiger partial charge on any atom is 0.408 e. The number of hydrogen-bond donors (Lipinski definition) is 2. The lowest BCUT2D eigenvalue weighted by Gasteiger charge is -2.22. The van der Waals surface area contributed by atoms with Crippen LogP contribution in [0.4, 0.5) is 4.79 Å². The van der Waals surface area contributed by atoms with Crippen molar-refractivity contribution in [2.75, 3.05) is 6.61 Å². The zero-order valence-corrected chi connectivity index (χ0v) is 18.8. The van der Waals surface area contributed by atoms with Gasteiger partial charge in [0.1, 0.15) is 24.8 Å². The number of nitrogens with one attached hydrogen (secondary N) is 1. The first-order chi connectivity index (χ1) is 16.2. The third kappa shape index (κ3) is 6.22. The van der Waals surface area contributed by atoms with Crippen molar-refractivity contribution in [1.29, 1.82) is 0 Å². The molecule has 2 aromatic carbocycles. The Bertz CT molecular complexity index is 1090. The minimum Gasteiger partial charge on any atom is -0.485 e. The molecule has 0 radical (unpaired) electrons. The maximum absolute atomic E-state index is 12.8. The van der Waals surface area contributed by atoms with Gasteiger partial charge in [-0.15, -0.1) is 0 Å². The minimum absolute atomic E-state index is 0.0435. The molecule has 1 heterocycles. The van der Waals surface area contributed by atoms with Gasteiger partial charge in [-0.2, -0.15) is 0 Å². The van der Waals surface area contributed by atoms with Gasteiger partial charge in [-0.05, 0) is 25.0 Å². The Morgan fingerprint density at radius 1 is 1.03 bits per heavy atom. The van der Waals surface area contributed by atoms with Crippen molar-refractivity contribution in [3.8, 4) is 0 Å². The summed E-state index contributed by atoms with van der Waals surface area (Å²) in [6, 6.07) is 16.2. The van der Waals surface area contributed by atoms with Gasteiger partial charge in [-0.1, -0.05) is 60.7 Å². The van der Waals surface area contributed by atoms with Crippen molar-refractivity contribution >= 4 is 29.4 Å². The van der Waals surface area contributed by atoms with Gasteiger partial charge in [0, 0.05) is 0 Å². The molecule has 9 heteroatoms. The highest BCUT2D eigenvalue weighted by Crippen LogP contribution is 2.38. The number of carbonyl (C=O) groups excluding carboxylic acids is 3. The lowest BCUT2D eigenvalue weighted by molar-refractivity contribution is -0.145. The largest absolute Gasteiger partial charge is 0.485 e. The first-order valence-electron chi connectivity index (χ1n) is 10.6. The van der Waals surface area contributed by atoms with Crippen molar-refractivity contribution in [3.05, 3.63) is 77.5 Å². The molecule has 1 amide bonds. The second kappa shape index (κ2) is 10.7. The Kier molecular flexibility index (Phi) is 7.68. The zero-order chi connectivity index (χ0) is 24.7. The summed E-state index contributed by atoms with van der Waals surface area (Å²) in [7, 11) is 0. The molecule has 1 aliphatic heterocycles. The molecule has 9 nitrogen and oxygen atoms in total. The monoisotopic (exact) mass is 467 g/mol. The minimum atomic E-state index is -1.39. The molecule has 0 bridgehead atoms. The van der Waals surface area contributed by atoms with E-state index in [1.807, 2.05) is 6.07 Å². The first kappa shape index (κ1) is 24.5. The van der Waals surface area contributed by atoms with Gasteiger partial charge >= 0.3 is 18.0 Å². The van der Waals surface area contributed by atoms with Gasteiger partial charge < -0.3 is 24.6 Å². The van der Waals surface area contributed by atoms with Crippen molar-refractivity contribution in [1.82, 2.24) is 5.32 Å². The number of amides is 1. The molecule has 178 valence electrons. The van der Waals surface area contributed by atoms with Gasteiger partial charge in [0.15, 0.2) is 17.1 Å². The van der Waals surface area contributed by atoms with Gasteiger partial charge in [0.05, 0.1) is 6.42 Å². The number of ether oxygens (including phenoxy) is 3. The van der Waals surface area contributed by atoms with Crippen LogP contribution in [0.2, 0.25) is 0 Å². The molecule has 0 saturated carbocycles. The normalized spacial score (nSPS) is 15.3. The van der Waals surface area contributed by atoms with E-state index >= 15 is 0 Å². The van der Waals surface area contributed by atoms with E-state index in [1.165, 1.54) is 0 Å². The predicted octanol–water partition coefficient (Wildman–Crippen LogP) is 3.09. The quantitative estimate of drug-likeness (QED) is 0.510. The fourth-order valence-electron chi connectivity index (χ4n) is 3.39. The van der Waals surface area contributed by atoms with Crippen molar-refractivity contribution in [2.45, 2.75) is 38.5 Å². The molecule has 0 aromatic heterocycles. The van der Waals surface area contributed by atoms with E-state index in [2.05, 4.69) is 5.32 Å². The number of carboxylic acid groups (broad SMARTS) is 1. The summed E-state index contributed by atoms with van der Waals surface area (Å²) in [5, 5.41) is 11.5. The highest BCUT2D eigenvalue weighted by atomic mass is 16.6. The fourth-order valence-corrected chi connectivity index (χ4v) is 3.39. The Hall–Kier alpha value is -4.14. The third-order valence-corrected chi connectivity index (χ3v) is 5.02. The molecule has 34 heavy (non-hydrogen) atoms. The summed E-state index contributed by atoms with van der Waals surface area (Å²) < 4.78 is 16.2. The SMILES string of the molecule is CC1(C)OC(=O)C(c2ccccc2)=C1OCC(=O)[C@H](CC(=O)O)NC(=O)OCc1ccccc1. The Labute approximate surface area is 196 Å². The van der Waals surface area contributed by atoms with Crippen LogP contribution >= 0.6 is 0 Å². The smallest absolute Gasteiger partial charge is 0.408 e. The lowest BCUT2D eigenvalue weighted by Crippen LogP contribution is -2.44. The molecule has 0 aliphatic carbocycles. The summed E-state index contributed by atoms with van der Waals surface area (Å²) in [5.74, 6) is -2.43. The van der Waals surface area contributed by atoms with Crippen molar-refractivity contribution < 1.29 is 38.5 Å². The van der Waals surface area contributed by atoms with Crippen LogP contribution in [-0.4, -0.2) is 47.2 Å². The first-order valence-corrected chi connectivity index (χ1v) is 10.6. The summed E-state index contributed by atoms with van der Waals surface area (Å²) in [4.78, 5) is 48.7. The average molecular weight is 467 g/mol. The summed E-state index contributed by atoms with van der Waals surface area (Å²) in [5.41, 5.74) is 0.344. The molecule has 0 spiro atoms. The molecule has 0 unspecified atom stereocenters. The predicted molar refractivity (Wildman–Crippen MR) is 120 cm³/mol. The van der Waals surface area contributed by atoms with E-state index in [9.17, 15) is 24.3 Å². The van der Waals surface area contributed by atoms with Gasteiger partial charge in [-0.25, -0.2) is 9.59 Å². The molecule has 3 rings (SSSR count). The van der Waals surface area contributed by atoms with Gasteiger partial charge in [-0.3, -0.25) is 9.59 Å². The van der Waals surface area contributed by atoms with Crippen LogP contribution in [0.5, 0.6) is 0 Å². The molecule has 0 fully saturated rings. The molecular weight excluding hydrogens is 442 g/mol. The van der Waals surface area contributed by atoms with Crippen molar-refractivity contribution in [2.24, 2.45) is 0 Å². The van der Waals surface area contributed by atoms with Gasteiger partial charge in [0.2, 0.25) is 0 Å². The van der Waals surface area contributed by atoms with Crippen LogP contribution in [0, 0.1) is 0 Å². The third-order valence-electron chi connectivity index (χ3n) is 5.02. The summed E-state index contributed by atoms with van der Waals surface area (Å²) in [6.45, 7) is 2.62. The second-order valence-corrected chi connectivity index (χ2v) is 8.08. The van der Waals surface area contributed by atoms with E-state index < -0.39 is 48.5 Å². The number of cyclic esters (lactones) is 1. The van der Waals surface area contributed by atoms with E-state index in [0.717, 1.165) is 5.56 Å². The summed E-state index contributed by atoms with van der Waals surface area (Å²) >= 11 is 0. The number of benzene rings is 2. The number of carbonyl (C=O) groups is 4. The molecule has 1 aliphatic rings. The molecule has 1 atom stereocenters. The van der Waals surface area contributed by atoms with E-state index in [4.69, 9.17) is 14.2 Å². The Balaban J connectivity index is 1.69. The number of ketones is 1. The van der Waals surface area contributed by atoms with Crippen LogP contribution in [0.1, 0.15) is 31.4 Å². The number of alkyl carbamates (subject to hydrolysis) is 1. The van der Waals surface area contributed by atoms with Crippen LogP contribution in [0.3, 0.4) is 0 Å². The Morgan fingerprint density at radius 3 is 2.26 bits per heavy atom. The van der Waals surface area contributed by atoms with Crippen LogP contribution < -0.4 is 5.32 Å². The number of Topliss-reactive ketones (excluding diaryl/α,β-unsaturated/α-hetero) is 1. The summed E-state index contributed by atoms with van der Waals surface area (Å²) in [6.07, 6.45) is -1.60. The van der Waals surface area contributed by atoms with E-state index in [0.29, 0.717) is 5.56 Å². The molecule has 2 N–H and O–H groups in total. The highest BCUT2D eigenvalue weighted by Gasteiger charge is 2.43. The molecule has 0 saturated heterocycles. The van der Waals surface area contributed by atoms with Crippen LogP contribution in [0.25, 0.3) is 5.57 Å². The zero-order valence-electron chi connectivity index (χ0n) is 18.8. The topological polar surface area (TPSA) is 128 Å². The lowest BCUT2D eigenvalue weighted by atomic mass is 10.00. The van der Waals surface area contributed by atoms with Crippen LogP contribution in [0.15, 0.2) is 66.4 Å². The number of rotatable bonds is 10. The van der Waals surface area contributed by atoms with Crippen molar-refractivity contribution in [3.63, 3.8) is 0 Å². The Morgan fingerprint density at radius 2 is 1.65 bits per heavy atom. The molecule has 2 aromatic rings. The number of carboxylic acids is 1. The maximum atomic E-state index is 12.8. The average Bonchev–Trinajstić information content (AvgIpc) is 3.03. The number of hydrogen-bond acceptors (Lipinski definition) is 7. The van der Waals surface area contributed by atoms with Gasteiger partial charge in [0.25, 0.3) is 0 Å². The van der Waals surface area contributed by atoms with E-state index in [1.54, 1.807) is 68.4 Å². The highest BCUT2D eigenvalue weighted by molar-refractivity contribution is 6.19. The number of esters is 1. The standard InChI is InChI=1S/C25H25NO8/c1-25(2)22(21(23(30)34-25)17-11-7-4-8-12-17)32-15-19(27)18(13-20(28)29)26-24(31)33-14-16-9-5-3-6-10-16/h3-12,18H,13-15H2,1-2H3,(H,26,31)(H,28,29)/t18-/m0/s1. The fraction of sp³-hybridized carbons (Fsp3) is 0.280.